The van der Waals surface area contributed by atoms with Crippen molar-refractivity contribution in [3.05, 3.63) is 101 Å². The number of rotatable bonds is 4. The molecule has 2 aromatic carbocycles. The van der Waals surface area contributed by atoms with Crippen molar-refractivity contribution in [3.8, 4) is 0 Å². The number of anilines is 2. The number of amides is 2. The van der Waals surface area contributed by atoms with Gasteiger partial charge in [0.2, 0.25) is 11.8 Å². The van der Waals surface area contributed by atoms with Gasteiger partial charge in [-0.15, -0.1) is 0 Å². The van der Waals surface area contributed by atoms with Crippen molar-refractivity contribution in [3.63, 3.8) is 0 Å². The van der Waals surface area contributed by atoms with E-state index in [0.717, 1.165) is 27.2 Å². The lowest BCUT2D eigenvalue weighted by molar-refractivity contribution is -0.135. The molecule has 5 rings (SSSR count). The summed E-state index contributed by atoms with van der Waals surface area (Å²) in [5.41, 5.74) is 2.88. The molecule has 1 aliphatic heterocycles. The fourth-order valence-electron chi connectivity index (χ4n) is 4.97. The minimum atomic E-state index is -3.95. The van der Waals surface area contributed by atoms with Crippen LogP contribution in [0.4, 0.5) is 11.4 Å². The molecule has 7 heteroatoms. The predicted molar refractivity (Wildman–Crippen MR) is 136 cm³/mol. The van der Waals surface area contributed by atoms with Crippen LogP contribution in [0.2, 0.25) is 0 Å². The fraction of sp³-hybridized carbons (Fsp3) is 0.214. The molecule has 2 unspecified atom stereocenters. The average Bonchev–Trinajstić information content (AvgIpc) is 2.82. The minimum Gasteiger partial charge on any atom is -0.277 e. The fourth-order valence-corrected chi connectivity index (χ4v) is 6.03. The Morgan fingerprint density at radius 1 is 0.971 bits per heavy atom. The highest BCUT2D eigenvalue weighted by molar-refractivity contribution is 7.92. The number of nitrogens with one attached hydrogen (secondary N) is 1. The number of nitrogens with zero attached hydrogens (tertiary/aromatic N) is 1. The number of hydrogen-bond acceptors (Lipinski definition) is 4. The molecule has 3 aliphatic rings. The van der Waals surface area contributed by atoms with Crippen LogP contribution in [0.3, 0.4) is 0 Å². The van der Waals surface area contributed by atoms with Crippen molar-refractivity contribution in [2.24, 2.45) is 11.3 Å². The predicted octanol–water partition coefficient (Wildman–Crippen LogP) is 4.90. The zero-order chi connectivity index (χ0) is 25.0. The van der Waals surface area contributed by atoms with Crippen molar-refractivity contribution in [2.45, 2.75) is 32.1 Å². The van der Waals surface area contributed by atoms with Crippen LogP contribution in [-0.4, -0.2) is 20.2 Å². The third-order valence-electron chi connectivity index (χ3n) is 7.06. The highest BCUT2D eigenvalue weighted by Gasteiger charge is 2.54. The summed E-state index contributed by atoms with van der Waals surface area (Å²) in [5, 5.41) is 0. The molecule has 0 saturated carbocycles. The molecule has 0 aromatic heterocycles. The Balaban J connectivity index is 1.62. The topological polar surface area (TPSA) is 83.6 Å². The van der Waals surface area contributed by atoms with Crippen LogP contribution >= 0.6 is 0 Å². The van der Waals surface area contributed by atoms with Gasteiger partial charge in [0.1, 0.15) is 5.41 Å². The molecule has 2 amide bonds. The van der Waals surface area contributed by atoms with E-state index >= 15 is 0 Å². The molecular formula is C28H26N2O4S. The SMILES string of the molecule is Cc1ccc(S(=O)(=O)Nc2cc(C)c(C)cc2N2C(=O)CC3C=CC=C4C=CC=CC43C2=O)cc1. The number of carbonyl (C=O) groups excluding carboxylic acids is 2. The lowest BCUT2D eigenvalue weighted by Gasteiger charge is -2.46. The molecule has 6 nitrogen and oxygen atoms in total. The zero-order valence-electron chi connectivity index (χ0n) is 19.8. The van der Waals surface area contributed by atoms with Gasteiger partial charge in [-0.1, -0.05) is 60.2 Å². The molecule has 1 heterocycles. The third kappa shape index (κ3) is 3.67. The Morgan fingerprint density at radius 3 is 2.43 bits per heavy atom. The first-order valence-corrected chi connectivity index (χ1v) is 12.9. The Kier molecular flexibility index (Phi) is 5.40. The van der Waals surface area contributed by atoms with Crippen LogP contribution in [0.5, 0.6) is 0 Å². The molecule has 2 aromatic rings. The number of allylic oxidation sites excluding steroid dienone is 6. The van der Waals surface area contributed by atoms with Crippen LogP contribution in [0.15, 0.2) is 89.4 Å². The number of aryl methyl sites for hydroxylation is 3. The summed E-state index contributed by atoms with van der Waals surface area (Å²) < 4.78 is 29.1. The van der Waals surface area contributed by atoms with E-state index in [0.29, 0.717) is 0 Å². The van der Waals surface area contributed by atoms with Gasteiger partial charge in [0.25, 0.3) is 10.0 Å². The van der Waals surface area contributed by atoms with E-state index in [9.17, 15) is 18.0 Å². The number of carbonyl (C=O) groups is 2. The van der Waals surface area contributed by atoms with Gasteiger partial charge in [-0.25, -0.2) is 13.3 Å². The second-order valence-corrected chi connectivity index (χ2v) is 11.0. The van der Waals surface area contributed by atoms with Gasteiger partial charge in [-0.3, -0.25) is 14.3 Å². The first-order chi connectivity index (χ1) is 16.6. The van der Waals surface area contributed by atoms with Crippen molar-refractivity contribution in [1.29, 1.82) is 0 Å². The van der Waals surface area contributed by atoms with Crippen LogP contribution < -0.4 is 9.62 Å². The van der Waals surface area contributed by atoms with Crippen LogP contribution in [0.25, 0.3) is 0 Å². The monoisotopic (exact) mass is 486 g/mol. The summed E-state index contributed by atoms with van der Waals surface area (Å²) in [7, 11) is -3.95. The molecule has 1 spiro atoms. The first-order valence-electron chi connectivity index (χ1n) is 11.5. The van der Waals surface area contributed by atoms with E-state index in [1.165, 1.54) is 12.1 Å². The second kappa shape index (κ2) is 8.20. The lowest BCUT2D eigenvalue weighted by Crippen LogP contribution is -2.56. The smallest absolute Gasteiger partial charge is 0.261 e. The Hall–Kier alpha value is -3.71. The normalized spacial score (nSPS) is 23.1. The molecule has 2 aliphatic carbocycles. The molecule has 1 fully saturated rings. The molecule has 35 heavy (non-hydrogen) atoms. The van der Waals surface area contributed by atoms with Crippen molar-refractivity contribution in [2.75, 3.05) is 9.62 Å². The molecule has 0 bridgehead atoms. The average molecular weight is 487 g/mol. The highest BCUT2D eigenvalue weighted by Crippen LogP contribution is 2.51. The van der Waals surface area contributed by atoms with E-state index in [2.05, 4.69) is 4.72 Å². The van der Waals surface area contributed by atoms with Gasteiger partial charge in [-0.2, -0.15) is 0 Å². The van der Waals surface area contributed by atoms with E-state index in [1.54, 1.807) is 24.3 Å². The summed E-state index contributed by atoms with van der Waals surface area (Å²) >= 11 is 0. The summed E-state index contributed by atoms with van der Waals surface area (Å²) in [5.74, 6) is -1.04. The summed E-state index contributed by atoms with van der Waals surface area (Å²) in [6.45, 7) is 5.61. The van der Waals surface area contributed by atoms with E-state index in [1.807, 2.05) is 63.3 Å². The van der Waals surface area contributed by atoms with Gasteiger partial charge in [0, 0.05) is 12.3 Å². The lowest BCUT2D eigenvalue weighted by atomic mass is 9.62. The quantitative estimate of drug-likeness (QED) is 0.623. The van der Waals surface area contributed by atoms with Gasteiger partial charge in [-0.05, 0) is 61.7 Å². The van der Waals surface area contributed by atoms with E-state index in [-0.39, 0.29) is 40.4 Å². The Morgan fingerprint density at radius 2 is 1.69 bits per heavy atom. The number of piperidine rings is 1. The standard InChI is InChI=1S/C28H26N2O4S/c1-18-10-12-23(13-11-18)35(33,34)29-24-15-19(2)20(3)16-25(24)30-26(31)17-22-9-6-8-21-7-4-5-14-28(21,22)27(30)32/h4-16,22,29H,17H2,1-3H3. The van der Waals surface area contributed by atoms with Crippen LogP contribution in [-0.2, 0) is 19.6 Å². The van der Waals surface area contributed by atoms with Crippen molar-refractivity contribution >= 4 is 33.2 Å². The number of imide groups is 1. The highest BCUT2D eigenvalue weighted by atomic mass is 32.2. The zero-order valence-corrected chi connectivity index (χ0v) is 20.6. The number of benzene rings is 2. The van der Waals surface area contributed by atoms with Crippen molar-refractivity contribution < 1.29 is 18.0 Å². The van der Waals surface area contributed by atoms with Gasteiger partial charge >= 0.3 is 0 Å². The molecular weight excluding hydrogens is 460 g/mol. The van der Waals surface area contributed by atoms with Gasteiger partial charge < -0.3 is 0 Å². The molecule has 2 atom stereocenters. The molecule has 1 N–H and O–H groups in total. The summed E-state index contributed by atoms with van der Waals surface area (Å²) in [6.07, 6.45) is 13.3. The third-order valence-corrected chi connectivity index (χ3v) is 8.44. The summed E-state index contributed by atoms with van der Waals surface area (Å²) in [6, 6.07) is 9.89. The first kappa shape index (κ1) is 23.1. The van der Waals surface area contributed by atoms with E-state index in [4.69, 9.17) is 0 Å². The maximum atomic E-state index is 14.1. The summed E-state index contributed by atoms with van der Waals surface area (Å²) in [4.78, 5) is 28.8. The molecule has 0 radical (unpaired) electrons. The number of hydrogen-bond donors (Lipinski definition) is 1. The van der Waals surface area contributed by atoms with Crippen molar-refractivity contribution in [1.82, 2.24) is 0 Å². The maximum absolute atomic E-state index is 14.1. The second-order valence-electron chi connectivity index (χ2n) is 9.31. The minimum absolute atomic E-state index is 0.102. The Bertz CT molecular complexity index is 1480. The maximum Gasteiger partial charge on any atom is 0.261 e. The number of sulfonamides is 1. The largest absolute Gasteiger partial charge is 0.277 e. The van der Waals surface area contributed by atoms with Gasteiger partial charge in [0.05, 0.1) is 16.3 Å². The van der Waals surface area contributed by atoms with Crippen LogP contribution in [0.1, 0.15) is 23.1 Å². The van der Waals surface area contributed by atoms with Crippen LogP contribution in [0, 0.1) is 32.1 Å². The molecule has 178 valence electrons. The molecule has 1 saturated heterocycles. The van der Waals surface area contributed by atoms with E-state index < -0.39 is 15.4 Å². The van der Waals surface area contributed by atoms with Gasteiger partial charge in [0.15, 0.2) is 0 Å². The Labute approximate surface area is 205 Å².